The van der Waals surface area contributed by atoms with E-state index in [1.165, 1.54) is 0 Å². The Hall–Kier alpha value is -2.70. The Bertz CT molecular complexity index is 813. The molecule has 2 aliphatic heterocycles. The van der Waals surface area contributed by atoms with Crippen molar-refractivity contribution in [3.63, 3.8) is 0 Å². The Kier molecular flexibility index (Phi) is 3.78. The lowest BCUT2D eigenvalue weighted by Gasteiger charge is -2.39. The summed E-state index contributed by atoms with van der Waals surface area (Å²) < 4.78 is 1.70. The van der Waals surface area contributed by atoms with Crippen molar-refractivity contribution in [2.24, 2.45) is 7.05 Å². The highest BCUT2D eigenvalue weighted by molar-refractivity contribution is 5.97. The van der Waals surface area contributed by atoms with Crippen LogP contribution in [0, 0.1) is 6.92 Å². The van der Waals surface area contributed by atoms with Gasteiger partial charge in [0.05, 0.1) is 29.5 Å². The van der Waals surface area contributed by atoms with Crippen LogP contribution in [0.15, 0.2) is 30.7 Å². The fourth-order valence-corrected chi connectivity index (χ4v) is 3.94. The van der Waals surface area contributed by atoms with E-state index < -0.39 is 0 Å². The maximum absolute atomic E-state index is 12.9. The van der Waals surface area contributed by atoms with Gasteiger partial charge in [0.2, 0.25) is 5.91 Å². The molecule has 7 heteroatoms. The zero-order chi connectivity index (χ0) is 17.6. The number of hydrogen-bond acceptors (Lipinski definition) is 4. The number of likely N-dealkylation sites (tertiary alicyclic amines) is 1. The summed E-state index contributed by atoms with van der Waals surface area (Å²) in [5, 5.41) is 4.18. The molecular weight excluding hydrogens is 318 g/mol. The number of piperidine rings is 1. The van der Waals surface area contributed by atoms with Crippen molar-refractivity contribution >= 4 is 17.5 Å². The van der Waals surface area contributed by atoms with Crippen LogP contribution in [0.5, 0.6) is 0 Å². The van der Waals surface area contributed by atoms with E-state index in [-0.39, 0.29) is 23.9 Å². The largest absolute Gasteiger partial charge is 0.333 e. The normalized spacial score (nSPS) is 23.0. The molecule has 2 amide bonds. The van der Waals surface area contributed by atoms with Gasteiger partial charge in [0, 0.05) is 38.1 Å². The summed E-state index contributed by atoms with van der Waals surface area (Å²) in [4.78, 5) is 33.4. The lowest BCUT2D eigenvalue weighted by molar-refractivity contribution is -0.120. The third-order valence-corrected chi connectivity index (χ3v) is 5.15. The summed E-state index contributed by atoms with van der Waals surface area (Å²) in [6.07, 6.45) is 7.16. The molecule has 0 N–H and O–H groups in total. The van der Waals surface area contributed by atoms with Crippen molar-refractivity contribution in [1.82, 2.24) is 19.7 Å². The second-order valence-corrected chi connectivity index (χ2v) is 6.78. The Morgan fingerprint density at radius 1 is 1.20 bits per heavy atom. The summed E-state index contributed by atoms with van der Waals surface area (Å²) in [5.74, 6) is 0.112. The first-order valence-electron chi connectivity index (χ1n) is 8.59. The highest BCUT2D eigenvalue weighted by atomic mass is 16.2. The zero-order valence-corrected chi connectivity index (χ0v) is 14.4. The number of carbonyl (C=O) groups is 2. The number of pyridine rings is 1. The van der Waals surface area contributed by atoms with Crippen molar-refractivity contribution < 1.29 is 9.59 Å². The molecule has 2 aromatic rings. The van der Waals surface area contributed by atoms with Crippen LogP contribution in [0.1, 0.15) is 35.3 Å². The summed E-state index contributed by atoms with van der Waals surface area (Å²) >= 11 is 0. The minimum atomic E-state index is 0.000450. The first kappa shape index (κ1) is 15.8. The molecule has 0 radical (unpaired) electrons. The average Bonchev–Trinajstić information content (AvgIpc) is 3.21. The summed E-state index contributed by atoms with van der Waals surface area (Å²) in [6, 6.07) is 3.75. The molecule has 2 saturated heterocycles. The maximum Gasteiger partial charge on any atom is 0.255 e. The molecule has 4 rings (SSSR count). The Morgan fingerprint density at radius 2 is 2.04 bits per heavy atom. The molecule has 130 valence electrons. The Morgan fingerprint density at radius 3 is 2.72 bits per heavy atom. The molecule has 25 heavy (non-hydrogen) atoms. The van der Waals surface area contributed by atoms with Crippen LogP contribution in [0.3, 0.4) is 0 Å². The molecule has 4 heterocycles. The van der Waals surface area contributed by atoms with E-state index in [0.717, 1.165) is 17.8 Å². The van der Waals surface area contributed by atoms with Crippen molar-refractivity contribution in [1.29, 1.82) is 0 Å². The fourth-order valence-electron chi connectivity index (χ4n) is 3.94. The Labute approximate surface area is 146 Å². The van der Waals surface area contributed by atoms with E-state index in [2.05, 4.69) is 10.1 Å². The first-order valence-corrected chi connectivity index (χ1v) is 8.59. The van der Waals surface area contributed by atoms with Gasteiger partial charge in [-0.1, -0.05) is 0 Å². The lowest BCUT2D eigenvalue weighted by Crippen LogP contribution is -2.53. The molecule has 0 unspecified atom stereocenters. The second-order valence-electron chi connectivity index (χ2n) is 6.78. The van der Waals surface area contributed by atoms with Gasteiger partial charge >= 0.3 is 0 Å². The summed E-state index contributed by atoms with van der Waals surface area (Å²) in [6.45, 7) is 2.56. The first-order chi connectivity index (χ1) is 12.0. The van der Waals surface area contributed by atoms with Gasteiger partial charge in [-0.15, -0.1) is 0 Å². The molecule has 2 atom stereocenters. The topological polar surface area (TPSA) is 71.3 Å². The lowest BCUT2D eigenvalue weighted by atomic mass is 9.95. The van der Waals surface area contributed by atoms with Crippen molar-refractivity contribution in [2.75, 3.05) is 11.4 Å². The highest BCUT2D eigenvalue weighted by Gasteiger charge is 2.45. The molecule has 0 aliphatic carbocycles. The minimum absolute atomic E-state index is 0.000450. The fraction of sp³-hybridized carbons (Fsp3) is 0.444. The number of fused-ring (bicyclic) bond motifs is 1. The van der Waals surface area contributed by atoms with Gasteiger partial charge in [-0.05, 0) is 31.9 Å². The van der Waals surface area contributed by atoms with Crippen molar-refractivity contribution in [3.05, 3.63) is 42.0 Å². The summed E-state index contributed by atoms with van der Waals surface area (Å²) in [5.41, 5.74) is 2.31. The number of carbonyl (C=O) groups excluding carboxylic acids is 2. The van der Waals surface area contributed by atoms with Gasteiger partial charge in [0.15, 0.2) is 0 Å². The molecule has 2 aromatic heterocycles. The van der Waals surface area contributed by atoms with Crippen LogP contribution in [-0.2, 0) is 11.8 Å². The van der Waals surface area contributed by atoms with Gasteiger partial charge in [-0.25, -0.2) is 0 Å². The van der Waals surface area contributed by atoms with Crippen LogP contribution in [0.25, 0.3) is 0 Å². The molecule has 0 bridgehead atoms. The number of amides is 2. The predicted molar refractivity (Wildman–Crippen MR) is 92.1 cm³/mol. The van der Waals surface area contributed by atoms with E-state index in [9.17, 15) is 9.59 Å². The van der Waals surface area contributed by atoms with Gasteiger partial charge in [0.1, 0.15) is 0 Å². The minimum Gasteiger partial charge on any atom is -0.333 e. The van der Waals surface area contributed by atoms with Crippen molar-refractivity contribution in [2.45, 2.75) is 38.3 Å². The van der Waals surface area contributed by atoms with Gasteiger partial charge in [0.25, 0.3) is 5.91 Å². The van der Waals surface area contributed by atoms with Gasteiger partial charge in [-0.2, -0.15) is 5.10 Å². The van der Waals surface area contributed by atoms with Crippen LogP contribution in [0.4, 0.5) is 5.69 Å². The number of rotatable bonds is 2. The summed E-state index contributed by atoms with van der Waals surface area (Å²) in [7, 11) is 1.84. The average molecular weight is 339 g/mol. The predicted octanol–water partition coefficient (Wildman–Crippen LogP) is 1.53. The van der Waals surface area contributed by atoms with E-state index in [0.29, 0.717) is 24.9 Å². The number of anilines is 1. The van der Waals surface area contributed by atoms with E-state index >= 15 is 0 Å². The Balaban J connectivity index is 1.60. The second kappa shape index (κ2) is 5.98. The van der Waals surface area contributed by atoms with Gasteiger partial charge in [-0.3, -0.25) is 19.3 Å². The van der Waals surface area contributed by atoms with E-state index in [1.54, 1.807) is 17.1 Å². The highest BCUT2D eigenvalue weighted by Crippen LogP contribution is 2.35. The van der Waals surface area contributed by atoms with E-state index in [1.807, 2.05) is 42.1 Å². The molecule has 0 aromatic carbocycles. The molecule has 7 nitrogen and oxygen atoms in total. The van der Waals surface area contributed by atoms with Gasteiger partial charge < -0.3 is 9.80 Å². The molecule has 2 fully saturated rings. The maximum atomic E-state index is 12.9. The molecular formula is C18H21N5O2. The number of aryl methyl sites for hydroxylation is 2. The third-order valence-electron chi connectivity index (χ3n) is 5.15. The molecule has 0 saturated carbocycles. The van der Waals surface area contributed by atoms with Crippen LogP contribution in [0.2, 0.25) is 0 Å². The molecule has 2 aliphatic rings. The SMILES string of the molecule is Cc1ccc(C(=O)N2CC[C@H]3[C@@H]2CCC(=O)N3c2cnn(C)c2)cn1. The number of aromatic nitrogens is 3. The number of hydrogen-bond donors (Lipinski definition) is 0. The zero-order valence-electron chi connectivity index (χ0n) is 14.4. The van der Waals surface area contributed by atoms with Crippen LogP contribution >= 0.6 is 0 Å². The van der Waals surface area contributed by atoms with Crippen LogP contribution in [-0.4, -0.2) is 50.1 Å². The van der Waals surface area contributed by atoms with Crippen LogP contribution < -0.4 is 4.90 Å². The smallest absolute Gasteiger partial charge is 0.255 e. The van der Waals surface area contributed by atoms with E-state index in [4.69, 9.17) is 0 Å². The number of nitrogens with zero attached hydrogens (tertiary/aromatic N) is 5. The standard InChI is InChI=1S/C18H21N5O2/c1-12-3-4-13(9-19-12)18(25)22-8-7-16-15(22)5-6-17(24)23(16)14-10-20-21(2)11-14/h3-4,9-11,15-16H,5-8H2,1-2H3/t15-,16-/m0/s1. The monoisotopic (exact) mass is 339 g/mol. The van der Waals surface area contributed by atoms with Crippen molar-refractivity contribution in [3.8, 4) is 0 Å². The quantitative estimate of drug-likeness (QED) is 0.832. The third kappa shape index (κ3) is 2.69. The molecule has 0 spiro atoms.